The van der Waals surface area contributed by atoms with Crippen molar-refractivity contribution in [2.24, 2.45) is 0 Å². The molecule has 0 spiro atoms. The number of hydrogen-bond acceptors (Lipinski definition) is 4. The molecule has 1 N–H and O–H groups in total. The van der Waals surface area contributed by atoms with Crippen LogP contribution in [0.5, 0.6) is 0 Å². The van der Waals surface area contributed by atoms with E-state index in [2.05, 4.69) is 73.1 Å². The van der Waals surface area contributed by atoms with E-state index in [-0.39, 0.29) is 0 Å². The van der Waals surface area contributed by atoms with E-state index in [9.17, 15) is 0 Å². The first kappa shape index (κ1) is 13.7. The van der Waals surface area contributed by atoms with Crippen molar-refractivity contribution in [2.75, 3.05) is 32.0 Å². The first-order valence-electron chi connectivity index (χ1n) is 6.98. The Kier molecular flexibility index (Phi) is 3.85. The lowest BCUT2D eigenvalue weighted by molar-refractivity contribution is 0.224. The monoisotopic (exact) mass is 337 g/mol. The van der Waals surface area contributed by atoms with Gasteiger partial charge < -0.3 is 10.2 Å². The van der Waals surface area contributed by atoms with Crippen molar-refractivity contribution in [2.45, 2.75) is 20.0 Å². The molecule has 0 unspecified atom stereocenters. The van der Waals surface area contributed by atoms with Crippen LogP contribution in [0.1, 0.15) is 12.6 Å². The van der Waals surface area contributed by atoms with Crippen molar-refractivity contribution in [1.29, 1.82) is 0 Å². The number of nitrogens with zero attached hydrogens (tertiary/aromatic N) is 4. The fourth-order valence-corrected chi connectivity index (χ4v) is 3.29. The summed E-state index contributed by atoms with van der Waals surface area (Å²) in [5.74, 6) is 0.944. The van der Waals surface area contributed by atoms with Crippen LogP contribution in [0.25, 0.3) is 0 Å². The number of rotatable bonds is 3. The molecule has 0 fully saturated rings. The second-order valence-electron chi connectivity index (χ2n) is 5.34. The molecule has 3 rings (SSSR count). The summed E-state index contributed by atoms with van der Waals surface area (Å²) >= 11 is 3.53. The maximum Gasteiger partial charge on any atom is 0.152 e. The first-order chi connectivity index (χ1) is 9.64. The van der Waals surface area contributed by atoms with Gasteiger partial charge in [-0.05, 0) is 28.6 Å². The molecule has 2 aliphatic rings. The number of anilines is 1. The zero-order valence-electron chi connectivity index (χ0n) is 11.9. The molecule has 0 aliphatic carbocycles. The first-order valence-corrected chi connectivity index (χ1v) is 7.77. The minimum absolute atomic E-state index is 0.873. The van der Waals surface area contributed by atoms with Gasteiger partial charge in [0.25, 0.3) is 0 Å². The fraction of sp³-hybridized carbons (Fsp3) is 0.500. The Balaban J connectivity index is 1.73. The summed E-state index contributed by atoms with van der Waals surface area (Å²) in [5, 5.41) is 8.08. The summed E-state index contributed by atoms with van der Waals surface area (Å²) in [6.07, 6.45) is 4.18. The number of halogens is 1. The average molecular weight is 338 g/mol. The minimum atomic E-state index is 0.873. The fourth-order valence-electron chi connectivity index (χ4n) is 2.67. The Morgan fingerprint density at radius 3 is 2.95 bits per heavy atom. The van der Waals surface area contributed by atoms with Gasteiger partial charge in [-0.15, -0.1) is 0 Å². The molecule has 0 bridgehead atoms. The van der Waals surface area contributed by atoms with Crippen molar-refractivity contribution in [3.8, 4) is 0 Å². The SMILES string of the molecule is CCN1CCn2nc(NC3=CC(Br)=CN(C)C3)cc2C1. The third-order valence-corrected chi connectivity index (χ3v) is 4.12. The third-order valence-electron chi connectivity index (χ3n) is 3.69. The molecule has 0 radical (unpaired) electrons. The van der Waals surface area contributed by atoms with E-state index in [1.165, 1.54) is 5.69 Å². The second kappa shape index (κ2) is 5.61. The maximum atomic E-state index is 4.65. The van der Waals surface area contributed by atoms with E-state index < -0.39 is 0 Å². The molecule has 1 aromatic heterocycles. The number of fused-ring (bicyclic) bond motifs is 1. The van der Waals surface area contributed by atoms with Gasteiger partial charge in [0.1, 0.15) is 0 Å². The average Bonchev–Trinajstić information content (AvgIpc) is 2.78. The van der Waals surface area contributed by atoms with Gasteiger partial charge in [-0.2, -0.15) is 5.10 Å². The molecule has 0 amide bonds. The summed E-state index contributed by atoms with van der Waals surface area (Å²) in [5.41, 5.74) is 2.45. The van der Waals surface area contributed by atoms with Gasteiger partial charge in [-0.1, -0.05) is 6.92 Å². The molecular formula is C14H20BrN5. The van der Waals surface area contributed by atoms with Crippen LogP contribution in [-0.2, 0) is 13.1 Å². The van der Waals surface area contributed by atoms with Crippen LogP contribution in [0.4, 0.5) is 5.82 Å². The molecular weight excluding hydrogens is 318 g/mol. The van der Waals surface area contributed by atoms with Crippen LogP contribution in [-0.4, -0.2) is 46.3 Å². The summed E-state index contributed by atoms with van der Waals surface area (Å²) in [6, 6.07) is 2.16. The van der Waals surface area contributed by atoms with Crippen LogP contribution in [0, 0.1) is 0 Å². The summed E-state index contributed by atoms with van der Waals surface area (Å²) in [4.78, 5) is 4.58. The zero-order chi connectivity index (χ0) is 14.1. The van der Waals surface area contributed by atoms with Crippen molar-refractivity contribution >= 4 is 21.7 Å². The van der Waals surface area contributed by atoms with Crippen molar-refractivity contribution in [3.05, 3.63) is 34.2 Å². The predicted octanol–water partition coefficient (Wildman–Crippen LogP) is 2.20. The standard InChI is InChI=1S/C14H20BrN5/c1-3-19-4-5-20-13(10-19)7-14(17-20)16-12-6-11(15)8-18(2)9-12/h6-8H,3-5,9-10H2,1-2H3,(H,16,17). The molecule has 3 heterocycles. The van der Waals surface area contributed by atoms with Gasteiger partial charge in [-0.25, -0.2) is 0 Å². The summed E-state index contributed by atoms with van der Waals surface area (Å²) < 4.78 is 3.20. The number of allylic oxidation sites excluding steroid dienone is 2. The lowest BCUT2D eigenvalue weighted by Crippen LogP contribution is -2.33. The predicted molar refractivity (Wildman–Crippen MR) is 84.5 cm³/mol. The van der Waals surface area contributed by atoms with E-state index >= 15 is 0 Å². The number of likely N-dealkylation sites (N-methyl/N-ethyl adjacent to an activating group) is 2. The highest BCUT2D eigenvalue weighted by atomic mass is 79.9. The topological polar surface area (TPSA) is 36.3 Å². The van der Waals surface area contributed by atoms with E-state index in [0.717, 1.165) is 48.7 Å². The van der Waals surface area contributed by atoms with Crippen LogP contribution in [0.3, 0.4) is 0 Å². The van der Waals surface area contributed by atoms with Gasteiger partial charge in [0, 0.05) is 42.6 Å². The van der Waals surface area contributed by atoms with Gasteiger partial charge in [-0.3, -0.25) is 9.58 Å². The highest BCUT2D eigenvalue weighted by Gasteiger charge is 2.18. The Morgan fingerprint density at radius 2 is 2.20 bits per heavy atom. The molecule has 0 saturated carbocycles. The molecule has 0 saturated heterocycles. The largest absolute Gasteiger partial charge is 0.374 e. The van der Waals surface area contributed by atoms with E-state index in [1.807, 2.05) is 0 Å². The Hall–Kier alpha value is -1.27. The minimum Gasteiger partial charge on any atom is -0.374 e. The molecule has 2 aliphatic heterocycles. The second-order valence-corrected chi connectivity index (χ2v) is 6.25. The summed E-state index contributed by atoms with van der Waals surface area (Å²) in [7, 11) is 2.06. The van der Waals surface area contributed by atoms with Crippen molar-refractivity contribution in [1.82, 2.24) is 19.6 Å². The quantitative estimate of drug-likeness (QED) is 0.917. The highest BCUT2D eigenvalue weighted by molar-refractivity contribution is 9.11. The highest BCUT2D eigenvalue weighted by Crippen LogP contribution is 2.21. The van der Waals surface area contributed by atoms with E-state index in [1.54, 1.807) is 0 Å². The number of nitrogens with one attached hydrogen (secondary N) is 1. The van der Waals surface area contributed by atoms with Crippen LogP contribution in [0.2, 0.25) is 0 Å². The zero-order valence-corrected chi connectivity index (χ0v) is 13.5. The lowest BCUT2D eigenvalue weighted by atomic mass is 10.3. The van der Waals surface area contributed by atoms with Crippen molar-refractivity contribution < 1.29 is 0 Å². The van der Waals surface area contributed by atoms with Gasteiger partial charge in [0.15, 0.2) is 5.82 Å². The Bertz CT molecular complexity index is 560. The van der Waals surface area contributed by atoms with E-state index in [0.29, 0.717) is 0 Å². The Labute approximate surface area is 128 Å². The third kappa shape index (κ3) is 2.91. The maximum absolute atomic E-state index is 4.65. The van der Waals surface area contributed by atoms with E-state index in [4.69, 9.17) is 0 Å². The van der Waals surface area contributed by atoms with Gasteiger partial charge >= 0.3 is 0 Å². The molecule has 6 heteroatoms. The van der Waals surface area contributed by atoms with Crippen LogP contribution < -0.4 is 5.32 Å². The van der Waals surface area contributed by atoms with Gasteiger partial charge in [0.05, 0.1) is 18.8 Å². The van der Waals surface area contributed by atoms with Crippen molar-refractivity contribution in [3.63, 3.8) is 0 Å². The molecule has 108 valence electrons. The van der Waals surface area contributed by atoms with Crippen LogP contribution in [0.15, 0.2) is 28.5 Å². The smallest absolute Gasteiger partial charge is 0.152 e. The van der Waals surface area contributed by atoms with Crippen LogP contribution >= 0.6 is 15.9 Å². The molecule has 1 aromatic rings. The molecule has 0 atom stereocenters. The number of aromatic nitrogens is 2. The molecule has 0 aromatic carbocycles. The summed E-state index contributed by atoms with van der Waals surface area (Å²) in [6.45, 7) is 7.24. The lowest BCUT2D eigenvalue weighted by Gasteiger charge is -2.25. The Morgan fingerprint density at radius 1 is 1.35 bits per heavy atom. The molecule has 5 nitrogen and oxygen atoms in total. The molecule has 20 heavy (non-hydrogen) atoms. The normalized spacial score (nSPS) is 19.4. The number of hydrogen-bond donors (Lipinski definition) is 1. The van der Waals surface area contributed by atoms with Gasteiger partial charge in [0.2, 0.25) is 0 Å².